The molecule has 0 spiro atoms. The van der Waals surface area contributed by atoms with Crippen LogP contribution < -0.4 is 10.2 Å². The first-order valence-corrected chi connectivity index (χ1v) is 8.00. The zero-order valence-corrected chi connectivity index (χ0v) is 14.0. The largest absolute Gasteiger partial charge is 0.478 e. The number of carboxylic acids is 1. The molecule has 1 aromatic carbocycles. The highest BCUT2D eigenvalue weighted by atomic mass is 16.4. The topological polar surface area (TPSA) is 72.9 Å². The molecule has 0 bridgehead atoms. The Hall–Kier alpha value is -2.08. The lowest BCUT2D eigenvalue weighted by atomic mass is 10.1. The molecule has 1 amide bonds. The van der Waals surface area contributed by atoms with Crippen LogP contribution in [0.2, 0.25) is 0 Å². The average molecular weight is 319 g/mol. The Morgan fingerprint density at radius 2 is 1.91 bits per heavy atom. The number of benzene rings is 1. The first-order chi connectivity index (χ1) is 10.9. The zero-order valence-electron chi connectivity index (χ0n) is 14.0. The summed E-state index contributed by atoms with van der Waals surface area (Å²) in [5, 5.41) is 12.2. The normalized spacial score (nSPS) is 16.3. The van der Waals surface area contributed by atoms with Crippen molar-refractivity contribution in [3.8, 4) is 0 Å². The molecule has 0 aliphatic carbocycles. The van der Waals surface area contributed by atoms with E-state index in [9.17, 15) is 14.7 Å². The van der Waals surface area contributed by atoms with Gasteiger partial charge in [0.2, 0.25) is 5.91 Å². The minimum absolute atomic E-state index is 0.133. The van der Waals surface area contributed by atoms with Crippen LogP contribution in [-0.4, -0.2) is 55.1 Å². The number of rotatable bonds is 4. The van der Waals surface area contributed by atoms with E-state index in [0.29, 0.717) is 5.69 Å². The molecule has 1 aliphatic heterocycles. The van der Waals surface area contributed by atoms with Crippen LogP contribution in [0.3, 0.4) is 0 Å². The van der Waals surface area contributed by atoms with Gasteiger partial charge in [-0.15, -0.1) is 0 Å². The van der Waals surface area contributed by atoms with Crippen molar-refractivity contribution in [1.29, 1.82) is 0 Å². The van der Waals surface area contributed by atoms with E-state index in [1.165, 1.54) is 0 Å². The van der Waals surface area contributed by atoms with Crippen LogP contribution in [0.4, 0.5) is 11.4 Å². The maximum absolute atomic E-state index is 11.8. The van der Waals surface area contributed by atoms with Crippen molar-refractivity contribution in [2.24, 2.45) is 5.92 Å². The number of nitrogens with one attached hydrogen (secondary N) is 1. The number of hydrogen-bond donors (Lipinski definition) is 2. The van der Waals surface area contributed by atoms with Crippen LogP contribution in [0.25, 0.3) is 0 Å². The van der Waals surface area contributed by atoms with Gasteiger partial charge in [0.1, 0.15) is 0 Å². The summed E-state index contributed by atoms with van der Waals surface area (Å²) in [5.74, 6) is -1.41. The van der Waals surface area contributed by atoms with E-state index < -0.39 is 5.97 Å². The van der Waals surface area contributed by atoms with Crippen LogP contribution in [0.5, 0.6) is 0 Å². The molecule has 126 valence electrons. The lowest BCUT2D eigenvalue weighted by molar-refractivity contribution is -0.118. The van der Waals surface area contributed by atoms with Gasteiger partial charge in [0.05, 0.1) is 11.3 Å². The van der Waals surface area contributed by atoms with Crippen molar-refractivity contribution in [3.63, 3.8) is 0 Å². The number of anilines is 2. The Kier molecular flexibility index (Phi) is 5.60. The molecule has 1 aromatic rings. The third-order valence-corrected chi connectivity index (χ3v) is 4.10. The molecule has 1 heterocycles. The minimum atomic E-state index is -1.03. The fourth-order valence-corrected chi connectivity index (χ4v) is 2.60. The SMILES string of the molecule is CC(C)C(=O)Nc1ccc(N2CCCN(C)CC2)cc1C(=O)O. The molecule has 1 fully saturated rings. The summed E-state index contributed by atoms with van der Waals surface area (Å²) in [4.78, 5) is 27.9. The Balaban J connectivity index is 2.24. The van der Waals surface area contributed by atoms with Crippen LogP contribution >= 0.6 is 0 Å². The highest BCUT2D eigenvalue weighted by molar-refractivity contribution is 6.01. The summed E-state index contributed by atoms with van der Waals surface area (Å²) in [6.07, 6.45) is 1.05. The second-order valence-electron chi connectivity index (χ2n) is 6.32. The summed E-state index contributed by atoms with van der Waals surface area (Å²) in [5.41, 5.74) is 1.38. The Morgan fingerprint density at radius 3 is 2.57 bits per heavy atom. The van der Waals surface area contributed by atoms with Crippen molar-refractivity contribution in [2.75, 3.05) is 43.4 Å². The van der Waals surface area contributed by atoms with Crippen molar-refractivity contribution in [1.82, 2.24) is 4.90 Å². The van der Waals surface area contributed by atoms with Crippen LogP contribution in [-0.2, 0) is 4.79 Å². The Labute approximate surface area is 137 Å². The van der Waals surface area contributed by atoms with Crippen molar-refractivity contribution >= 4 is 23.3 Å². The molecule has 6 heteroatoms. The molecule has 0 saturated carbocycles. The van der Waals surface area contributed by atoms with Gasteiger partial charge >= 0.3 is 5.97 Å². The van der Waals surface area contributed by atoms with E-state index in [-0.39, 0.29) is 17.4 Å². The molecule has 0 atom stereocenters. The number of aromatic carboxylic acids is 1. The molecular weight excluding hydrogens is 294 g/mol. The second kappa shape index (κ2) is 7.46. The quantitative estimate of drug-likeness (QED) is 0.889. The lowest BCUT2D eigenvalue weighted by Gasteiger charge is -2.24. The molecule has 1 saturated heterocycles. The zero-order chi connectivity index (χ0) is 17.0. The number of carbonyl (C=O) groups is 2. The van der Waals surface area contributed by atoms with E-state index in [1.807, 2.05) is 6.07 Å². The summed E-state index contributed by atoms with van der Waals surface area (Å²) >= 11 is 0. The molecule has 0 unspecified atom stereocenters. The molecule has 0 radical (unpaired) electrons. The number of nitrogens with zero attached hydrogens (tertiary/aromatic N) is 2. The van der Waals surface area contributed by atoms with Gasteiger partial charge in [0.15, 0.2) is 0 Å². The maximum Gasteiger partial charge on any atom is 0.337 e. The summed E-state index contributed by atoms with van der Waals surface area (Å²) in [6, 6.07) is 5.23. The smallest absolute Gasteiger partial charge is 0.337 e. The number of hydrogen-bond acceptors (Lipinski definition) is 4. The minimum Gasteiger partial charge on any atom is -0.478 e. The molecular formula is C17H25N3O3. The van der Waals surface area contributed by atoms with Gasteiger partial charge in [-0.2, -0.15) is 0 Å². The van der Waals surface area contributed by atoms with Crippen LogP contribution in [0.1, 0.15) is 30.6 Å². The fraction of sp³-hybridized carbons (Fsp3) is 0.529. The Morgan fingerprint density at radius 1 is 1.17 bits per heavy atom. The lowest BCUT2D eigenvalue weighted by Crippen LogP contribution is -2.29. The van der Waals surface area contributed by atoms with Crippen LogP contribution in [0, 0.1) is 5.92 Å². The number of carbonyl (C=O) groups excluding carboxylic acids is 1. The van der Waals surface area contributed by atoms with Crippen LogP contribution in [0.15, 0.2) is 18.2 Å². The van der Waals surface area contributed by atoms with Gasteiger partial charge in [0, 0.05) is 31.2 Å². The predicted molar refractivity (Wildman–Crippen MR) is 91.2 cm³/mol. The van der Waals surface area contributed by atoms with E-state index >= 15 is 0 Å². The van der Waals surface area contributed by atoms with E-state index in [1.54, 1.807) is 26.0 Å². The highest BCUT2D eigenvalue weighted by Gasteiger charge is 2.18. The van der Waals surface area contributed by atoms with Gasteiger partial charge in [0.25, 0.3) is 0 Å². The van der Waals surface area contributed by atoms with E-state index in [0.717, 1.165) is 38.3 Å². The number of likely N-dealkylation sites (N-methyl/N-ethyl adjacent to an activating group) is 1. The summed E-state index contributed by atoms with van der Waals surface area (Å²) < 4.78 is 0. The average Bonchev–Trinajstić information content (AvgIpc) is 2.72. The monoisotopic (exact) mass is 319 g/mol. The fourth-order valence-electron chi connectivity index (χ4n) is 2.60. The predicted octanol–water partition coefficient (Wildman–Crippen LogP) is 2.12. The van der Waals surface area contributed by atoms with Crippen molar-refractivity contribution < 1.29 is 14.7 Å². The van der Waals surface area contributed by atoms with Gasteiger partial charge in [-0.05, 0) is 38.2 Å². The summed E-state index contributed by atoms with van der Waals surface area (Å²) in [7, 11) is 2.09. The molecule has 2 rings (SSSR count). The number of amides is 1. The Bertz CT molecular complexity index is 586. The van der Waals surface area contributed by atoms with E-state index in [2.05, 4.69) is 22.2 Å². The van der Waals surface area contributed by atoms with E-state index in [4.69, 9.17) is 0 Å². The first-order valence-electron chi connectivity index (χ1n) is 8.00. The molecule has 23 heavy (non-hydrogen) atoms. The maximum atomic E-state index is 11.8. The molecule has 6 nitrogen and oxygen atoms in total. The van der Waals surface area contributed by atoms with Crippen molar-refractivity contribution in [2.45, 2.75) is 20.3 Å². The van der Waals surface area contributed by atoms with Gasteiger partial charge in [-0.3, -0.25) is 4.79 Å². The van der Waals surface area contributed by atoms with Crippen molar-refractivity contribution in [3.05, 3.63) is 23.8 Å². The standard InChI is InChI=1S/C17H25N3O3/c1-12(2)16(21)18-15-6-5-13(11-14(15)17(22)23)20-8-4-7-19(3)9-10-20/h5-6,11-12H,4,7-10H2,1-3H3,(H,18,21)(H,22,23). The molecule has 2 N–H and O–H groups in total. The second-order valence-corrected chi connectivity index (χ2v) is 6.32. The highest BCUT2D eigenvalue weighted by Crippen LogP contribution is 2.25. The van der Waals surface area contributed by atoms with Gasteiger partial charge in [-0.1, -0.05) is 13.8 Å². The third-order valence-electron chi connectivity index (χ3n) is 4.10. The first kappa shape index (κ1) is 17.3. The van der Waals surface area contributed by atoms with Gasteiger partial charge in [-0.25, -0.2) is 4.79 Å². The summed E-state index contributed by atoms with van der Waals surface area (Å²) in [6.45, 7) is 7.32. The third kappa shape index (κ3) is 4.45. The number of carboxylic acid groups (broad SMARTS) is 1. The molecule has 0 aromatic heterocycles. The molecule has 1 aliphatic rings. The van der Waals surface area contributed by atoms with Gasteiger partial charge < -0.3 is 20.2 Å².